The smallest absolute Gasteiger partial charge is 0.294 e. The molecule has 1 N–H and O–H groups in total. The van der Waals surface area contributed by atoms with Gasteiger partial charge < -0.3 is 19.0 Å². The van der Waals surface area contributed by atoms with Gasteiger partial charge in [-0.15, -0.1) is 0 Å². The van der Waals surface area contributed by atoms with E-state index in [0.29, 0.717) is 41.8 Å². The van der Waals surface area contributed by atoms with E-state index in [1.807, 2.05) is 91.7 Å². The van der Waals surface area contributed by atoms with Crippen LogP contribution in [-0.2, 0) is 16.9 Å². The Kier molecular flexibility index (Phi) is 6.53. The number of Topliss-reactive ketones (excluding diaryl/α,β-unsaturated/α-hetero) is 1. The van der Waals surface area contributed by atoms with Crippen molar-refractivity contribution in [1.82, 2.24) is 0 Å². The zero-order chi connectivity index (χ0) is 27.1. The number of ether oxygens (including phenoxy) is 1. The Morgan fingerprint density at radius 3 is 2.59 bits per heavy atom. The van der Waals surface area contributed by atoms with Gasteiger partial charge in [0.15, 0.2) is 5.78 Å². The van der Waals surface area contributed by atoms with E-state index in [-0.39, 0.29) is 17.6 Å². The molecule has 1 saturated heterocycles. The molecule has 6 nitrogen and oxygen atoms in total. The SMILES string of the molecule is CCOc1ccc(C(=O)C2C(c3ccco3)C[NH+](C)C23C(=O)N(Cc2cccc(Cl)c2)c2ccccc23)cc1. The number of quaternary nitrogens is 1. The Morgan fingerprint density at radius 2 is 1.87 bits per heavy atom. The van der Waals surface area contributed by atoms with Crippen LogP contribution in [0.5, 0.6) is 5.75 Å². The molecule has 0 aliphatic carbocycles. The largest absolute Gasteiger partial charge is 0.494 e. The van der Waals surface area contributed by atoms with Crippen molar-refractivity contribution in [3.05, 3.63) is 119 Å². The number of amides is 1. The van der Waals surface area contributed by atoms with E-state index in [2.05, 4.69) is 0 Å². The second kappa shape index (κ2) is 10.0. The predicted octanol–water partition coefficient (Wildman–Crippen LogP) is 4.89. The second-order valence-corrected chi connectivity index (χ2v) is 10.7. The first kappa shape index (κ1) is 25.4. The van der Waals surface area contributed by atoms with Crippen LogP contribution >= 0.6 is 11.6 Å². The van der Waals surface area contributed by atoms with Crippen LogP contribution in [-0.4, -0.2) is 31.9 Å². The van der Waals surface area contributed by atoms with Gasteiger partial charge in [0.2, 0.25) is 5.54 Å². The van der Waals surface area contributed by atoms with E-state index in [1.54, 1.807) is 18.4 Å². The lowest BCUT2D eigenvalue weighted by molar-refractivity contribution is -0.918. The number of nitrogens with one attached hydrogen (secondary N) is 1. The number of benzene rings is 3. The maximum absolute atomic E-state index is 14.8. The number of fused-ring (bicyclic) bond motifs is 2. The van der Waals surface area contributed by atoms with Gasteiger partial charge in [-0.25, -0.2) is 0 Å². The third-order valence-corrected chi connectivity index (χ3v) is 8.38. The van der Waals surface area contributed by atoms with Gasteiger partial charge >= 0.3 is 0 Å². The fourth-order valence-corrected chi connectivity index (χ4v) is 6.76. The number of halogens is 1. The van der Waals surface area contributed by atoms with Gasteiger partial charge in [-0.2, -0.15) is 0 Å². The molecule has 0 bridgehead atoms. The van der Waals surface area contributed by atoms with E-state index in [0.717, 1.165) is 21.7 Å². The van der Waals surface area contributed by atoms with Gasteiger partial charge in [0.25, 0.3) is 5.91 Å². The molecule has 1 fully saturated rings. The normalized spacial score (nSPS) is 23.8. The minimum Gasteiger partial charge on any atom is -0.494 e. The Bertz CT molecular complexity index is 1520. The van der Waals surface area contributed by atoms with Crippen LogP contribution in [0.2, 0.25) is 5.02 Å². The molecule has 1 aromatic heterocycles. The van der Waals surface area contributed by atoms with Gasteiger partial charge in [0.05, 0.1) is 44.6 Å². The van der Waals surface area contributed by atoms with Crippen molar-refractivity contribution in [2.75, 3.05) is 25.1 Å². The molecule has 4 unspecified atom stereocenters. The molecule has 1 amide bonds. The zero-order valence-electron chi connectivity index (χ0n) is 21.9. The fourth-order valence-electron chi connectivity index (χ4n) is 6.55. The number of carbonyl (C=O) groups is 2. The van der Waals surface area contributed by atoms with Gasteiger partial charge in [-0.3, -0.25) is 9.59 Å². The molecule has 7 heteroatoms. The summed E-state index contributed by atoms with van der Waals surface area (Å²) in [6.45, 7) is 3.40. The molecular formula is C32H30ClN2O4+. The van der Waals surface area contributed by atoms with Gasteiger partial charge in [0, 0.05) is 16.1 Å². The van der Waals surface area contributed by atoms with Crippen molar-refractivity contribution in [2.24, 2.45) is 5.92 Å². The summed E-state index contributed by atoms with van der Waals surface area (Å²) < 4.78 is 11.5. The van der Waals surface area contributed by atoms with E-state index >= 15 is 0 Å². The Balaban J connectivity index is 1.49. The minimum atomic E-state index is -1.11. The minimum absolute atomic E-state index is 0.0796. The lowest BCUT2D eigenvalue weighted by Gasteiger charge is -2.32. The summed E-state index contributed by atoms with van der Waals surface area (Å²) >= 11 is 6.28. The molecule has 3 heterocycles. The van der Waals surface area contributed by atoms with Gasteiger partial charge in [0.1, 0.15) is 17.4 Å². The van der Waals surface area contributed by atoms with Gasteiger partial charge in [-0.05, 0) is 67.1 Å². The van der Waals surface area contributed by atoms with Crippen LogP contribution in [0.25, 0.3) is 0 Å². The molecule has 0 saturated carbocycles. The maximum atomic E-state index is 14.8. The fraction of sp³-hybridized carbons (Fsp3) is 0.250. The zero-order valence-corrected chi connectivity index (χ0v) is 22.7. The highest BCUT2D eigenvalue weighted by Gasteiger charge is 2.70. The highest BCUT2D eigenvalue weighted by molar-refractivity contribution is 6.30. The van der Waals surface area contributed by atoms with E-state index < -0.39 is 11.5 Å². The number of carbonyl (C=O) groups excluding carboxylic acids is 2. The Labute approximate surface area is 232 Å². The first-order valence-electron chi connectivity index (χ1n) is 13.2. The number of furan rings is 1. The third-order valence-electron chi connectivity index (χ3n) is 8.14. The molecule has 4 aromatic rings. The lowest BCUT2D eigenvalue weighted by atomic mass is 9.71. The van der Waals surface area contributed by atoms with Crippen molar-refractivity contribution >= 4 is 29.0 Å². The van der Waals surface area contributed by atoms with Crippen LogP contribution in [0.1, 0.15) is 40.1 Å². The lowest BCUT2D eigenvalue weighted by Crippen LogP contribution is -3.16. The topological polar surface area (TPSA) is 64.2 Å². The summed E-state index contributed by atoms with van der Waals surface area (Å²) in [5.74, 6) is 0.315. The quantitative estimate of drug-likeness (QED) is 0.339. The summed E-state index contributed by atoms with van der Waals surface area (Å²) in [6.07, 6.45) is 1.63. The molecular weight excluding hydrogens is 512 g/mol. The summed E-state index contributed by atoms with van der Waals surface area (Å²) in [5.41, 5.74) is 2.06. The molecule has 198 valence electrons. The first-order valence-corrected chi connectivity index (χ1v) is 13.6. The number of hydrogen-bond donors (Lipinski definition) is 1. The van der Waals surface area contributed by atoms with Crippen molar-refractivity contribution in [3.63, 3.8) is 0 Å². The van der Waals surface area contributed by atoms with Crippen molar-refractivity contribution in [3.8, 4) is 5.75 Å². The molecule has 1 spiro atoms. The number of likely N-dealkylation sites (N-methyl/N-ethyl adjacent to an activating group) is 1. The van der Waals surface area contributed by atoms with E-state index in [4.69, 9.17) is 20.8 Å². The van der Waals surface area contributed by atoms with E-state index in [9.17, 15) is 9.59 Å². The molecule has 0 radical (unpaired) electrons. The maximum Gasteiger partial charge on any atom is 0.294 e. The standard InChI is InChI=1S/C32H29ClN2O4/c1-3-38-24-15-13-22(14-16-24)30(36)29-25(28-12-7-17-39-28)20-34(2)32(29)26-10-4-5-11-27(26)35(31(32)37)19-21-8-6-9-23(33)18-21/h4-18,25,29H,3,19-20H2,1-2H3/p+1. The average molecular weight is 542 g/mol. The third kappa shape index (κ3) is 4.06. The van der Waals surface area contributed by atoms with Crippen LogP contribution in [0, 0.1) is 5.92 Å². The molecule has 2 aliphatic rings. The van der Waals surface area contributed by atoms with E-state index in [1.165, 1.54) is 0 Å². The van der Waals surface area contributed by atoms with Crippen LogP contribution in [0.15, 0.2) is 95.6 Å². The highest BCUT2D eigenvalue weighted by atomic mass is 35.5. The number of hydrogen-bond acceptors (Lipinski definition) is 4. The monoisotopic (exact) mass is 541 g/mol. The highest BCUT2D eigenvalue weighted by Crippen LogP contribution is 2.51. The van der Waals surface area contributed by atoms with Crippen molar-refractivity contribution in [1.29, 1.82) is 0 Å². The van der Waals surface area contributed by atoms with Crippen LogP contribution in [0.4, 0.5) is 5.69 Å². The number of anilines is 1. The second-order valence-electron chi connectivity index (χ2n) is 10.3. The number of ketones is 1. The summed E-state index contributed by atoms with van der Waals surface area (Å²) in [6, 6.07) is 26.4. The Hall–Kier alpha value is -3.87. The average Bonchev–Trinajstić information content (AvgIpc) is 3.64. The molecule has 6 rings (SSSR count). The van der Waals surface area contributed by atoms with Crippen LogP contribution < -0.4 is 14.5 Å². The molecule has 2 aliphatic heterocycles. The summed E-state index contributed by atoms with van der Waals surface area (Å²) in [7, 11) is 2.01. The van der Waals surface area contributed by atoms with Crippen molar-refractivity contribution < 1.29 is 23.6 Å². The summed E-state index contributed by atoms with van der Waals surface area (Å²) in [5, 5.41) is 0.618. The van der Waals surface area contributed by atoms with Crippen molar-refractivity contribution in [2.45, 2.75) is 24.9 Å². The number of likely N-dealkylation sites (tertiary alicyclic amines) is 1. The first-order chi connectivity index (χ1) is 18.9. The summed E-state index contributed by atoms with van der Waals surface area (Å²) in [4.78, 5) is 32.1. The number of nitrogens with zero attached hydrogens (tertiary/aromatic N) is 1. The number of rotatable bonds is 7. The van der Waals surface area contributed by atoms with Gasteiger partial charge in [-0.1, -0.05) is 41.9 Å². The predicted molar refractivity (Wildman–Crippen MR) is 149 cm³/mol. The molecule has 39 heavy (non-hydrogen) atoms. The molecule has 3 aromatic carbocycles. The van der Waals surface area contributed by atoms with Crippen LogP contribution in [0.3, 0.4) is 0 Å². The number of para-hydroxylation sites is 1. The molecule has 4 atom stereocenters. The Morgan fingerprint density at radius 1 is 1.08 bits per heavy atom.